The van der Waals surface area contributed by atoms with Crippen LogP contribution in [0, 0.1) is 0 Å². The Kier molecular flexibility index (Phi) is 30.0. The maximum absolute atomic E-state index is 12.9. The first-order chi connectivity index (χ1) is 26.8. The predicted molar refractivity (Wildman–Crippen MR) is 219 cm³/mol. The van der Waals surface area contributed by atoms with Gasteiger partial charge in [-0.3, -0.25) is 13.8 Å². The van der Waals surface area contributed by atoms with Gasteiger partial charge in [0.25, 0.3) is 0 Å². The minimum atomic E-state index is -5.15. The summed E-state index contributed by atoms with van der Waals surface area (Å²) < 4.78 is 22.8. The molecule has 0 saturated heterocycles. The molecule has 1 saturated carbocycles. The highest BCUT2D eigenvalue weighted by molar-refractivity contribution is 7.47. The van der Waals surface area contributed by atoms with Gasteiger partial charge in [-0.05, 0) is 70.6 Å². The van der Waals surface area contributed by atoms with Gasteiger partial charge < -0.3 is 46.0 Å². The number of carbonyl (C=O) groups is 1. The summed E-state index contributed by atoms with van der Waals surface area (Å²) in [6.07, 6.45) is 22.2. The van der Waals surface area contributed by atoms with Gasteiger partial charge in [0.15, 0.2) is 0 Å². The molecule has 0 radical (unpaired) electrons. The summed E-state index contributed by atoms with van der Waals surface area (Å²) in [5.74, 6) is -0.621. The summed E-state index contributed by atoms with van der Waals surface area (Å²) in [5.41, 5.74) is 0. The lowest BCUT2D eigenvalue weighted by Crippen LogP contribution is -2.64. The number of unbranched alkanes of at least 4 members (excludes halogenated alkanes) is 14. The van der Waals surface area contributed by atoms with Gasteiger partial charge in [0, 0.05) is 0 Å². The number of rotatable bonds is 33. The largest absolute Gasteiger partial charge is 0.472 e. The van der Waals surface area contributed by atoms with Crippen molar-refractivity contribution < 1.29 is 59.0 Å². The van der Waals surface area contributed by atoms with E-state index in [0.717, 1.165) is 51.4 Å². The minimum absolute atomic E-state index is 0.269. The fraction of sp³-hybridized carbons (Fsp3) is 0.786. The van der Waals surface area contributed by atoms with Gasteiger partial charge in [-0.1, -0.05) is 120 Å². The molecule has 8 unspecified atom stereocenters. The molecule has 0 heterocycles. The average Bonchev–Trinajstić information content (AvgIpc) is 3.17. The standard InChI is InChI=1S/C42H76NO12P/c1-3-5-7-9-11-13-15-16-17-18-19-20-22-24-26-28-30-35(45)34(32-54-56(52,53)55-42-40(50)38(48)37(47)39(49)41(42)51)43-36(46)31-33(44)29-27-25-23-21-14-12-10-8-6-4-2/h12,14,16-17,20,22,28,30,33-35,37-42,44-45,47-51H,3-11,13,15,18-19,21,23-27,29,31-32H2,1-2H3,(H,43,46)(H,52,53)/b14-12-,17-16+,22-20+,30-28+. The van der Waals surface area contributed by atoms with Crippen molar-refractivity contribution in [2.24, 2.45) is 0 Å². The summed E-state index contributed by atoms with van der Waals surface area (Å²) in [6, 6.07) is -1.27. The van der Waals surface area contributed by atoms with Gasteiger partial charge in [-0.25, -0.2) is 4.57 Å². The molecule has 0 aromatic heterocycles. The van der Waals surface area contributed by atoms with Crippen LogP contribution in [0.5, 0.6) is 0 Å². The van der Waals surface area contributed by atoms with E-state index in [9.17, 15) is 50.0 Å². The quantitative estimate of drug-likeness (QED) is 0.0212. The Hall–Kier alpha value is -1.74. The number of phosphoric acid groups is 1. The molecule has 0 bridgehead atoms. The molecule has 14 heteroatoms. The van der Waals surface area contributed by atoms with Crippen molar-refractivity contribution in [1.29, 1.82) is 0 Å². The van der Waals surface area contributed by atoms with Gasteiger partial charge in [0.05, 0.1) is 31.3 Å². The number of phosphoric ester groups is 1. The highest BCUT2D eigenvalue weighted by Gasteiger charge is 2.51. The number of hydrogen-bond donors (Lipinski definition) is 9. The minimum Gasteiger partial charge on any atom is -0.393 e. The zero-order valence-electron chi connectivity index (χ0n) is 34.0. The molecule has 1 fully saturated rings. The third-order valence-corrected chi connectivity index (χ3v) is 10.8. The number of nitrogens with one attached hydrogen (secondary N) is 1. The van der Waals surface area contributed by atoms with Crippen molar-refractivity contribution >= 4 is 13.7 Å². The van der Waals surface area contributed by atoms with Crippen LogP contribution in [0.15, 0.2) is 48.6 Å². The number of allylic oxidation sites excluding steroid dienone is 7. The third kappa shape index (κ3) is 24.2. The first kappa shape index (κ1) is 52.3. The van der Waals surface area contributed by atoms with E-state index in [-0.39, 0.29) is 6.42 Å². The Morgan fingerprint density at radius 2 is 1.05 bits per heavy atom. The summed E-state index contributed by atoms with van der Waals surface area (Å²) >= 11 is 0. The van der Waals surface area contributed by atoms with Crippen LogP contribution >= 0.6 is 7.82 Å². The summed E-state index contributed by atoms with van der Waals surface area (Å²) in [5, 5.41) is 74.1. The van der Waals surface area contributed by atoms with E-state index in [4.69, 9.17) is 9.05 Å². The zero-order chi connectivity index (χ0) is 41.6. The zero-order valence-corrected chi connectivity index (χ0v) is 34.9. The molecule has 56 heavy (non-hydrogen) atoms. The Morgan fingerprint density at radius 1 is 0.625 bits per heavy atom. The molecule has 1 aliphatic carbocycles. The van der Waals surface area contributed by atoms with Crippen LogP contribution in [0.2, 0.25) is 0 Å². The Balaban J connectivity index is 2.67. The number of aliphatic hydroxyl groups excluding tert-OH is 7. The lowest BCUT2D eigenvalue weighted by atomic mass is 9.85. The molecular formula is C42H76NO12P. The molecule has 0 spiro atoms. The first-order valence-corrected chi connectivity index (χ1v) is 22.7. The Morgan fingerprint density at radius 3 is 1.61 bits per heavy atom. The van der Waals surface area contributed by atoms with Crippen molar-refractivity contribution in [1.82, 2.24) is 5.32 Å². The molecule has 0 aliphatic heterocycles. The lowest BCUT2D eigenvalue weighted by molar-refractivity contribution is -0.220. The smallest absolute Gasteiger partial charge is 0.393 e. The third-order valence-electron chi connectivity index (χ3n) is 9.86. The van der Waals surface area contributed by atoms with Crippen LogP contribution in [-0.4, -0.2) is 108 Å². The van der Waals surface area contributed by atoms with E-state index >= 15 is 0 Å². The summed E-state index contributed by atoms with van der Waals surface area (Å²) in [4.78, 5) is 23.3. The van der Waals surface area contributed by atoms with E-state index in [1.165, 1.54) is 63.9 Å². The Labute approximate surface area is 336 Å². The van der Waals surface area contributed by atoms with E-state index in [1.54, 1.807) is 6.08 Å². The average molecular weight is 818 g/mol. The molecule has 13 nitrogen and oxygen atoms in total. The summed E-state index contributed by atoms with van der Waals surface area (Å²) in [7, 11) is -5.15. The SMILES string of the molecule is CCCCC/C=C\CCCCCC(O)CC(=O)NC(COP(=O)(O)OC1C(O)C(O)C(O)C(O)C1O)C(O)/C=C/CC/C=C/CC/C=C/CCCCCCCC. The maximum Gasteiger partial charge on any atom is 0.472 e. The van der Waals surface area contributed by atoms with Crippen molar-refractivity contribution in [2.45, 2.75) is 204 Å². The van der Waals surface area contributed by atoms with Gasteiger partial charge in [-0.15, -0.1) is 0 Å². The molecule has 1 aliphatic rings. The highest BCUT2D eigenvalue weighted by atomic mass is 31.2. The molecule has 0 aromatic carbocycles. The van der Waals surface area contributed by atoms with Crippen molar-refractivity contribution in [3.05, 3.63) is 48.6 Å². The number of hydrogen-bond acceptors (Lipinski definition) is 11. The lowest BCUT2D eigenvalue weighted by Gasteiger charge is -2.41. The predicted octanol–water partition coefficient (Wildman–Crippen LogP) is 5.97. The topological polar surface area (TPSA) is 226 Å². The van der Waals surface area contributed by atoms with E-state index in [1.807, 2.05) is 6.08 Å². The van der Waals surface area contributed by atoms with Crippen LogP contribution in [0.1, 0.15) is 149 Å². The van der Waals surface area contributed by atoms with Crippen LogP contribution in [-0.2, 0) is 18.4 Å². The van der Waals surface area contributed by atoms with E-state index in [2.05, 4.69) is 49.5 Å². The second-order valence-electron chi connectivity index (χ2n) is 15.0. The fourth-order valence-electron chi connectivity index (χ4n) is 6.32. The van der Waals surface area contributed by atoms with Crippen LogP contribution < -0.4 is 5.32 Å². The van der Waals surface area contributed by atoms with E-state index in [0.29, 0.717) is 19.3 Å². The molecule has 1 rings (SSSR count). The second-order valence-corrected chi connectivity index (χ2v) is 16.4. The number of amides is 1. The number of aliphatic hydroxyl groups is 7. The molecular weight excluding hydrogens is 741 g/mol. The van der Waals surface area contributed by atoms with Crippen LogP contribution in [0.4, 0.5) is 0 Å². The molecule has 326 valence electrons. The van der Waals surface area contributed by atoms with Crippen LogP contribution in [0.25, 0.3) is 0 Å². The monoisotopic (exact) mass is 818 g/mol. The summed E-state index contributed by atoms with van der Waals surface area (Å²) in [6.45, 7) is 3.64. The van der Waals surface area contributed by atoms with Crippen LogP contribution in [0.3, 0.4) is 0 Å². The highest BCUT2D eigenvalue weighted by Crippen LogP contribution is 2.47. The molecule has 9 N–H and O–H groups in total. The van der Waals surface area contributed by atoms with Gasteiger partial charge in [0.1, 0.15) is 36.6 Å². The van der Waals surface area contributed by atoms with E-state index < -0.39 is 75.2 Å². The fourth-order valence-corrected chi connectivity index (χ4v) is 7.29. The van der Waals surface area contributed by atoms with Gasteiger partial charge in [0.2, 0.25) is 5.91 Å². The normalized spacial score (nSPS) is 24.7. The molecule has 1 amide bonds. The Bertz CT molecular complexity index is 1150. The number of carbonyl (C=O) groups excluding carboxylic acids is 1. The van der Waals surface area contributed by atoms with Crippen molar-refractivity contribution in [3.63, 3.8) is 0 Å². The van der Waals surface area contributed by atoms with Gasteiger partial charge >= 0.3 is 7.82 Å². The first-order valence-electron chi connectivity index (χ1n) is 21.2. The van der Waals surface area contributed by atoms with Crippen molar-refractivity contribution in [2.75, 3.05) is 6.61 Å². The van der Waals surface area contributed by atoms with Crippen molar-refractivity contribution in [3.8, 4) is 0 Å². The molecule has 0 aromatic rings. The van der Waals surface area contributed by atoms with Gasteiger partial charge in [-0.2, -0.15) is 0 Å². The maximum atomic E-state index is 12.9. The molecule has 8 atom stereocenters. The second kappa shape index (κ2) is 32.2.